The highest BCUT2D eigenvalue weighted by Gasteiger charge is 2.39. The summed E-state index contributed by atoms with van der Waals surface area (Å²) in [5.41, 5.74) is 3.53. The Morgan fingerprint density at radius 2 is 1.67 bits per heavy atom. The van der Waals surface area contributed by atoms with Gasteiger partial charge in [-0.25, -0.2) is 0 Å². The van der Waals surface area contributed by atoms with Crippen molar-refractivity contribution in [1.29, 1.82) is 0 Å². The quantitative estimate of drug-likeness (QED) is 0.715. The van der Waals surface area contributed by atoms with Crippen LogP contribution in [0.4, 0.5) is 0 Å². The second kappa shape index (κ2) is 4.38. The molecule has 1 aromatic rings. The van der Waals surface area contributed by atoms with Crippen LogP contribution in [0, 0.1) is 12.3 Å². The number of aryl methyl sites for hydroxylation is 1. The van der Waals surface area contributed by atoms with Gasteiger partial charge in [0.2, 0.25) is 0 Å². The summed E-state index contributed by atoms with van der Waals surface area (Å²) < 4.78 is 0. The number of benzene rings is 1. The van der Waals surface area contributed by atoms with Crippen LogP contribution in [0.1, 0.15) is 49.7 Å². The fourth-order valence-electron chi connectivity index (χ4n) is 3.41. The van der Waals surface area contributed by atoms with Gasteiger partial charge >= 0.3 is 0 Å². The van der Waals surface area contributed by atoms with E-state index in [1.807, 2.05) is 0 Å². The minimum absolute atomic E-state index is 0.204. The monoisotopic (exact) mass is 240 g/mol. The summed E-state index contributed by atoms with van der Waals surface area (Å²) in [4.78, 5) is 12.3. The van der Waals surface area contributed by atoms with Crippen molar-refractivity contribution in [1.82, 2.24) is 0 Å². The molecule has 0 aromatic heterocycles. The fraction of sp³-hybridized carbons (Fsp3) is 0.471. The highest BCUT2D eigenvalue weighted by molar-refractivity contribution is 6.23. The topological polar surface area (TPSA) is 17.1 Å². The number of rotatable bonds is 1. The van der Waals surface area contributed by atoms with Crippen LogP contribution >= 0.6 is 0 Å². The van der Waals surface area contributed by atoms with E-state index in [9.17, 15) is 4.79 Å². The van der Waals surface area contributed by atoms with Crippen LogP contribution in [0.2, 0.25) is 0 Å². The molecule has 0 aliphatic heterocycles. The summed E-state index contributed by atoms with van der Waals surface area (Å²) in [6, 6.07) is 8.35. The lowest BCUT2D eigenvalue weighted by Crippen LogP contribution is -2.20. The van der Waals surface area contributed by atoms with Crippen LogP contribution in [-0.2, 0) is 4.79 Å². The summed E-state index contributed by atoms with van der Waals surface area (Å²) in [6.45, 7) is 2.08. The zero-order valence-corrected chi connectivity index (χ0v) is 11.0. The molecule has 1 aromatic carbocycles. The average molecular weight is 240 g/mol. The standard InChI is InChI=1S/C17H20O/c1-13-5-7-14(8-6-13)15-11-17(12-16(15)18)9-3-2-4-10-17/h5-8,11H,2-4,9-10,12H2,1H3. The highest BCUT2D eigenvalue weighted by Crippen LogP contribution is 2.47. The van der Waals surface area contributed by atoms with Crippen molar-refractivity contribution >= 4 is 11.4 Å². The second-order valence-corrected chi connectivity index (χ2v) is 5.95. The molecule has 0 saturated heterocycles. The van der Waals surface area contributed by atoms with Gasteiger partial charge in [0.25, 0.3) is 0 Å². The van der Waals surface area contributed by atoms with Crippen LogP contribution in [-0.4, -0.2) is 5.78 Å². The van der Waals surface area contributed by atoms with Crippen LogP contribution in [0.5, 0.6) is 0 Å². The predicted molar refractivity (Wildman–Crippen MR) is 74.3 cm³/mol. The van der Waals surface area contributed by atoms with Crippen molar-refractivity contribution < 1.29 is 4.79 Å². The molecular formula is C17H20O. The Hall–Kier alpha value is -1.37. The van der Waals surface area contributed by atoms with Crippen molar-refractivity contribution in [3.8, 4) is 0 Å². The molecule has 0 amide bonds. The zero-order valence-electron chi connectivity index (χ0n) is 11.0. The maximum atomic E-state index is 12.3. The molecule has 0 unspecified atom stereocenters. The summed E-state index contributed by atoms with van der Waals surface area (Å²) >= 11 is 0. The van der Waals surface area contributed by atoms with Gasteiger partial charge in [-0.15, -0.1) is 0 Å². The molecule has 0 N–H and O–H groups in total. The first-order valence-electron chi connectivity index (χ1n) is 7.02. The van der Waals surface area contributed by atoms with Gasteiger partial charge in [0.1, 0.15) is 0 Å². The lowest BCUT2D eigenvalue weighted by Gasteiger charge is -2.30. The van der Waals surface area contributed by atoms with Crippen molar-refractivity contribution in [3.63, 3.8) is 0 Å². The van der Waals surface area contributed by atoms with E-state index in [1.54, 1.807) is 0 Å². The Morgan fingerprint density at radius 3 is 2.33 bits per heavy atom. The lowest BCUT2D eigenvalue weighted by molar-refractivity contribution is -0.114. The number of Topliss-reactive ketones (excluding diaryl/α,β-unsaturated/α-hetero) is 1. The smallest absolute Gasteiger partial charge is 0.164 e. The van der Waals surface area contributed by atoms with Crippen molar-refractivity contribution in [2.45, 2.75) is 45.4 Å². The second-order valence-electron chi connectivity index (χ2n) is 5.95. The van der Waals surface area contributed by atoms with Crippen molar-refractivity contribution in [2.75, 3.05) is 0 Å². The maximum Gasteiger partial charge on any atom is 0.164 e. The molecule has 3 rings (SSSR count). The predicted octanol–water partition coefficient (Wildman–Crippen LogP) is 4.30. The van der Waals surface area contributed by atoms with E-state index in [0.29, 0.717) is 5.78 Å². The van der Waals surface area contributed by atoms with Gasteiger partial charge in [-0.05, 0) is 30.7 Å². The molecule has 0 bridgehead atoms. The number of carbonyl (C=O) groups excluding carboxylic acids is 1. The molecule has 2 aliphatic carbocycles. The summed E-state index contributed by atoms with van der Waals surface area (Å²) in [5, 5.41) is 0. The van der Waals surface area contributed by atoms with Gasteiger partial charge in [0, 0.05) is 12.0 Å². The van der Waals surface area contributed by atoms with Crippen molar-refractivity contribution in [2.24, 2.45) is 5.41 Å². The molecule has 1 saturated carbocycles. The first kappa shape index (κ1) is 11.7. The molecule has 1 spiro atoms. The molecule has 94 valence electrons. The van der Waals surface area contributed by atoms with E-state index in [2.05, 4.69) is 37.3 Å². The number of hydrogen-bond acceptors (Lipinski definition) is 1. The van der Waals surface area contributed by atoms with Crippen LogP contribution in [0.15, 0.2) is 30.3 Å². The Balaban J connectivity index is 1.93. The first-order chi connectivity index (χ1) is 8.69. The molecule has 2 aliphatic rings. The third kappa shape index (κ3) is 2.03. The van der Waals surface area contributed by atoms with Gasteiger partial charge in [0.05, 0.1) is 0 Å². The number of carbonyl (C=O) groups is 1. The largest absolute Gasteiger partial charge is 0.294 e. The summed E-state index contributed by atoms with van der Waals surface area (Å²) in [7, 11) is 0. The summed E-state index contributed by atoms with van der Waals surface area (Å²) in [6.07, 6.45) is 9.34. The SMILES string of the molecule is Cc1ccc(C2=CC3(CCCCC3)CC2=O)cc1. The van der Waals surface area contributed by atoms with E-state index in [1.165, 1.54) is 37.7 Å². The first-order valence-corrected chi connectivity index (χ1v) is 7.02. The number of allylic oxidation sites excluding steroid dienone is 2. The fourth-order valence-corrected chi connectivity index (χ4v) is 3.41. The zero-order chi connectivity index (χ0) is 12.6. The number of hydrogen-bond donors (Lipinski definition) is 0. The molecule has 0 heterocycles. The summed E-state index contributed by atoms with van der Waals surface area (Å²) in [5.74, 6) is 0.348. The van der Waals surface area contributed by atoms with Crippen molar-refractivity contribution in [3.05, 3.63) is 41.5 Å². The van der Waals surface area contributed by atoms with Crippen LogP contribution < -0.4 is 0 Å². The third-order valence-electron chi connectivity index (χ3n) is 4.48. The van der Waals surface area contributed by atoms with E-state index in [0.717, 1.165) is 17.6 Å². The van der Waals surface area contributed by atoms with Gasteiger partial charge in [0.15, 0.2) is 5.78 Å². The Bertz CT molecular complexity index is 487. The number of ketones is 1. The average Bonchev–Trinajstić information content (AvgIpc) is 2.68. The molecule has 1 nitrogen and oxygen atoms in total. The Morgan fingerprint density at radius 1 is 1.00 bits per heavy atom. The van der Waals surface area contributed by atoms with E-state index in [4.69, 9.17) is 0 Å². The minimum Gasteiger partial charge on any atom is -0.294 e. The Labute approximate surface area is 109 Å². The van der Waals surface area contributed by atoms with E-state index < -0.39 is 0 Å². The van der Waals surface area contributed by atoms with Crippen LogP contribution in [0.3, 0.4) is 0 Å². The molecule has 0 radical (unpaired) electrons. The van der Waals surface area contributed by atoms with Gasteiger partial charge in [-0.2, -0.15) is 0 Å². The minimum atomic E-state index is 0.204. The highest BCUT2D eigenvalue weighted by atomic mass is 16.1. The Kier molecular flexibility index (Phi) is 2.85. The maximum absolute atomic E-state index is 12.3. The molecular weight excluding hydrogens is 220 g/mol. The van der Waals surface area contributed by atoms with E-state index >= 15 is 0 Å². The van der Waals surface area contributed by atoms with Gasteiger partial charge < -0.3 is 0 Å². The molecule has 0 atom stereocenters. The third-order valence-corrected chi connectivity index (χ3v) is 4.48. The van der Waals surface area contributed by atoms with Crippen LogP contribution in [0.25, 0.3) is 5.57 Å². The van der Waals surface area contributed by atoms with Gasteiger partial charge in [-0.3, -0.25) is 4.79 Å². The normalized spacial score (nSPS) is 22.3. The van der Waals surface area contributed by atoms with Gasteiger partial charge in [-0.1, -0.05) is 55.2 Å². The molecule has 1 heteroatoms. The lowest BCUT2D eigenvalue weighted by atomic mass is 9.74. The molecule has 1 fully saturated rings. The van der Waals surface area contributed by atoms with E-state index in [-0.39, 0.29) is 5.41 Å². The molecule has 18 heavy (non-hydrogen) atoms.